The van der Waals surface area contributed by atoms with Crippen molar-refractivity contribution in [2.24, 2.45) is 0 Å². The molecule has 0 saturated carbocycles. The highest BCUT2D eigenvalue weighted by Crippen LogP contribution is 2.36. The van der Waals surface area contributed by atoms with Crippen molar-refractivity contribution in [1.82, 2.24) is 4.37 Å². The number of nitrogens with zero attached hydrogens (tertiary/aromatic N) is 2. The van der Waals surface area contributed by atoms with Gasteiger partial charge in [-0.3, -0.25) is 4.90 Å². The van der Waals surface area contributed by atoms with Crippen molar-refractivity contribution < 1.29 is 14.6 Å². The number of carbonyl (C=O) groups is 1. The van der Waals surface area contributed by atoms with Crippen molar-refractivity contribution in [3.05, 3.63) is 35.2 Å². The van der Waals surface area contributed by atoms with Crippen LogP contribution in [0.3, 0.4) is 0 Å². The summed E-state index contributed by atoms with van der Waals surface area (Å²) >= 11 is 1.22. The van der Waals surface area contributed by atoms with Gasteiger partial charge >= 0.3 is 6.03 Å². The van der Waals surface area contributed by atoms with Crippen LogP contribution in [0.25, 0.3) is 0 Å². The van der Waals surface area contributed by atoms with Gasteiger partial charge in [0, 0.05) is 23.5 Å². The number of fused-ring (bicyclic) bond motifs is 1. The Kier molecular flexibility index (Phi) is 3.76. The molecule has 110 valence electrons. The highest BCUT2D eigenvalue weighted by atomic mass is 32.1. The fourth-order valence-electron chi connectivity index (χ4n) is 2.48. The monoisotopic (exact) mass is 305 g/mol. The van der Waals surface area contributed by atoms with Crippen molar-refractivity contribution in [2.45, 2.75) is 5.92 Å². The Bertz CT molecular complexity index is 658. The molecule has 1 unspecified atom stereocenters. The molecule has 0 fully saturated rings. The molecule has 2 N–H and O–H groups in total. The number of anilines is 2. The lowest BCUT2D eigenvalue weighted by molar-refractivity contribution is 0.253. The van der Waals surface area contributed by atoms with Gasteiger partial charge in [-0.25, -0.2) is 4.79 Å². The van der Waals surface area contributed by atoms with E-state index in [0.29, 0.717) is 18.1 Å². The largest absolute Gasteiger partial charge is 0.479 e. The number of carbonyl (C=O) groups excluding carboxylic acids is 1. The number of amides is 2. The maximum absolute atomic E-state index is 12.5. The van der Waals surface area contributed by atoms with E-state index in [1.807, 2.05) is 24.3 Å². The number of para-hydroxylation sites is 1. The van der Waals surface area contributed by atoms with Gasteiger partial charge in [0.1, 0.15) is 5.69 Å². The third-order valence-electron chi connectivity index (χ3n) is 3.51. The zero-order valence-corrected chi connectivity index (χ0v) is 12.3. The van der Waals surface area contributed by atoms with Gasteiger partial charge in [-0.1, -0.05) is 18.2 Å². The van der Waals surface area contributed by atoms with E-state index in [4.69, 9.17) is 4.74 Å². The Labute approximate surface area is 126 Å². The van der Waals surface area contributed by atoms with Crippen molar-refractivity contribution in [2.75, 3.05) is 30.5 Å². The Hall–Kier alpha value is -2.12. The molecule has 6 nitrogen and oxygen atoms in total. The normalized spacial score (nSPS) is 16.7. The van der Waals surface area contributed by atoms with E-state index < -0.39 is 0 Å². The number of nitrogens with one attached hydrogen (secondary N) is 1. The van der Waals surface area contributed by atoms with Crippen LogP contribution >= 0.6 is 11.5 Å². The second-order valence-electron chi connectivity index (χ2n) is 4.72. The topological polar surface area (TPSA) is 74.7 Å². The number of rotatable bonds is 3. The number of urea groups is 1. The van der Waals surface area contributed by atoms with Crippen LogP contribution in [0.2, 0.25) is 0 Å². The number of hydrogen-bond acceptors (Lipinski definition) is 5. The molecule has 0 saturated heterocycles. The molecule has 2 aromatic rings. The van der Waals surface area contributed by atoms with Gasteiger partial charge in [0.15, 0.2) is 0 Å². The Morgan fingerprint density at radius 1 is 1.57 bits per heavy atom. The molecule has 1 aliphatic rings. The first-order valence-corrected chi connectivity index (χ1v) is 7.35. The summed E-state index contributed by atoms with van der Waals surface area (Å²) in [4.78, 5) is 14.1. The molecule has 1 aromatic carbocycles. The SMILES string of the molecule is COc1nscc1NC(=O)N1CC(CO)c2ccccc21. The number of aromatic nitrogens is 1. The highest BCUT2D eigenvalue weighted by Gasteiger charge is 2.32. The van der Waals surface area contributed by atoms with Crippen LogP contribution in [0, 0.1) is 0 Å². The first kappa shape index (κ1) is 13.8. The molecule has 21 heavy (non-hydrogen) atoms. The van der Waals surface area contributed by atoms with Crippen molar-refractivity contribution >= 4 is 28.9 Å². The average Bonchev–Trinajstić information content (AvgIpc) is 3.10. The summed E-state index contributed by atoms with van der Waals surface area (Å²) in [6, 6.07) is 7.36. The summed E-state index contributed by atoms with van der Waals surface area (Å²) in [5.74, 6) is 0.356. The first-order valence-electron chi connectivity index (χ1n) is 6.51. The predicted molar refractivity (Wildman–Crippen MR) is 81.3 cm³/mol. The lowest BCUT2D eigenvalue weighted by atomic mass is 10.0. The fraction of sp³-hybridized carbons (Fsp3) is 0.286. The number of methoxy groups -OCH3 is 1. The Balaban J connectivity index is 1.83. The Morgan fingerprint density at radius 2 is 2.38 bits per heavy atom. The summed E-state index contributed by atoms with van der Waals surface area (Å²) in [6.07, 6.45) is 0. The lowest BCUT2D eigenvalue weighted by Crippen LogP contribution is -2.34. The molecule has 0 spiro atoms. The number of hydrogen-bond donors (Lipinski definition) is 2. The highest BCUT2D eigenvalue weighted by molar-refractivity contribution is 7.04. The molecule has 2 heterocycles. The molecule has 7 heteroatoms. The predicted octanol–water partition coefficient (Wildman–Crippen LogP) is 2.28. The molecule has 0 radical (unpaired) electrons. The minimum absolute atomic E-state index is 0.0180. The summed E-state index contributed by atoms with van der Waals surface area (Å²) < 4.78 is 9.12. The van der Waals surface area contributed by atoms with Crippen LogP contribution in [-0.2, 0) is 0 Å². The second-order valence-corrected chi connectivity index (χ2v) is 5.35. The van der Waals surface area contributed by atoms with Crippen LogP contribution in [0.4, 0.5) is 16.2 Å². The molecule has 1 aliphatic heterocycles. The molecule has 0 bridgehead atoms. The average molecular weight is 305 g/mol. The van der Waals surface area contributed by atoms with Crippen molar-refractivity contribution in [1.29, 1.82) is 0 Å². The third kappa shape index (κ3) is 2.45. The van der Waals surface area contributed by atoms with Crippen molar-refractivity contribution in [3.8, 4) is 5.88 Å². The van der Waals surface area contributed by atoms with E-state index >= 15 is 0 Å². The quantitative estimate of drug-likeness (QED) is 0.912. The lowest BCUT2D eigenvalue weighted by Gasteiger charge is -2.18. The zero-order chi connectivity index (χ0) is 14.8. The minimum atomic E-state index is -0.253. The van der Waals surface area contributed by atoms with E-state index in [1.54, 1.807) is 10.3 Å². The standard InChI is InChI=1S/C14H15N3O3S/c1-20-13-11(8-21-16-13)15-14(19)17-6-9(7-18)10-4-2-3-5-12(10)17/h2-5,8-9,18H,6-7H2,1H3,(H,15,19). The van der Waals surface area contributed by atoms with E-state index in [-0.39, 0.29) is 18.6 Å². The number of aliphatic hydroxyl groups excluding tert-OH is 1. The molecule has 1 atom stereocenters. The van der Waals surface area contributed by atoms with Gasteiger partial charge in [0.25, 0.3) is 0 Å². The van der Waals surface area contributed by atoms with Gasteiger partial charge in [0.2, 0.25) is 5.88 Å². The molecular weight excluding hydrogens is 290 g/mol. The maximum atomic E-state index is 12.5. The number of aliphatic hydroxyl groups is 1. The summed E-state index contributed by atoms with van der Waals surface area (Å²) in [7, 11) is 1.51. The Morgan fingerprint density at radius 3 is 3.14 bits per heavy atom. The van der Waals surface area contributed by atoms with Crippen LogP contribution in [-0.4, -0.2) is 35.8 Å². The molecule has 2 amide bonds. The smallest absolute Gasteiger partial charge is 0.326 e. The number of benzene rings is 1. The maximum Gasteiger partial charge on any atom is 0.326 e. The van der Waals surface area contributed by atoms with Crippen molar-refractivity contribution in [3.63, 3.8) is 0 Å². The fourth-order valence-corrected chi connectivity index (χ4v) is 3.07. The van der Waals surface area contributed by atoms with Crippen LogP contribution in [0.1, 0.15) is 11.5 Å². The number of ether oxygens (including phenoxy) is 1. The van der Waals surface area contributed by atoms with E-state index in [9.17, 15) is 9.90 Å². The van der Waals surface area contributed by atoms with Gasteiger partial charge in [0.05, 0.1) is 13.7 Å². The van der Waals surface area contributed by atoms with Crippen LogP contribution < -0.4 is 15.0 Å². The third-order valence-corrected chi connectivity index (χ3v) is 4.12. The summed E-state index contributed by atoms with van der Waals surface area (Å²) in [6.45, 7) is 0.478. The minimum Gasteiger partial charge on any atom is -0.479 e. The molecular formula is C14H15N3O3S. The van der Waals surface area contributed by atoms with Gasteiger partial charge in [-0.15, -0.1) is 0 Å². The molecule has 0 aliphatic carbocycles. The van der Waals surface area contributed by atoms with Gasteiger partial charge < -0.3 is 15.2 Å². The van der Waals surface area contributed by atoms with Crippen LogP contribution in [0.15, 0.2) is 29.6 Å². The van der Waals surface area contributed by atoms with Crippen LogP contribution in [0.5, 0.6) is 5.88 Å². The van der Waals surface area contributed by atoms with Gasteiger partial charge in [-0.2, -0.15) is 4.37 Å². The first-order chi connectivity index (χ1) is 10.2. The zero-order valence-electron chi connectivity index (χ0n) is 11.4. The molecule has 3 rings (SSSR count). The summed E-state index contributed by atoms with van der Waals surface area (Å²) in [5, 5.41) is 14.0. The van der Waals surface area contributed by atoms with E-state index in [1.165, 1.54) is 18.6 Å². The van der Waals surface area contributed by atoms with E-state index in [2.05, 4.69) is 9.69 Å². The van der Waals surface area contributed by atoms with E-state index in [0.717, 1.165) is 11.3 Å². The van der Waals surface area contributed by atoms with Gasteiger partial charge in [-0.05, 0) is 23.2 Å². The second kappa shape index (κ2) is 5.71. The molecule has 1 aromatic heterocycles. The summed E-state index contributed by atoms with van der Waals surface area (Å²) in [5.41, 5.74) is 2.37.